The van der Waals surface area contributed by atoms with E-state index in [0.717, 1.165) is 5.56 Å². The number of hydrogen-bond acceptors (Lipinski definition) is 4. The molecule has 5 nitrogen and oxygen atoms in total. The van der Waals surface area contributed by atoms with Crippen LogP contribution in [0.3, 0.4) is 0 Å². The zero-order valence-corrected chi connectivity index (χ0v) is 12.4. The third-order valence-electron chi connectivity index (χ3n) is 2.99. The number of ether oxygens (including phenoxy) is 1. The second-order valence-electron chi connectivity index (χ2n) is 5.81. The molecule has 0 N–H and O–H groups in total. The van der Waals surface area contributed by atoms with Crippen LogP contribution in [-0.2, 0) is 19.1 Å². The van der Waals surface area contributed by atoms with Crippen molar-refractivity contribution in [3.8, 4) is 5.75 Å². The van der Waals surface area contributed by atoms with Gasteiger partial charge in [0.25, 0.3) is 0 Å². The molecule has 0 aliphatic carbocycles. The maximum Gasteiger partial charge on any atom is 0.212 e. The van der Waals surface area contributed by atoms with Crippen LogP contribution in [0.5, 0.6) is 5.75 Å². The Morgan fingerprint density at radius 2 is 2.00 bits per heavy atom. The minimum absolute atomic E-state index is 0.0945. The molecule has 108 valence electrons. The summed E-state index contributed by atoms with van der Waals surface area (Å²) < 4.78 is 19.9. The van der Waals surface area contributed by atoms with Gasteiger partial charge in [-0.3, -0.25) is 0 Å². The summed E-state index contributed by atoms with van der Waals surface area (Å²) in [4.78, 5) is 1.34. The molecule has 0 atom stereocenters. The summed E-state index contributed by atoms with van der Waals surface area (Å²) in [5, 5.41) is 11.6. The Morgan fingerprint density at radius 3 is 2.55 bits per heavy atom. The molecule has 0 spiro atoms. The van der Waals surface area contributed by atoms with Crippen LogP contribution in [0.2, 0.25) is 0 Å². The van der Waals surface area contributed by atoms with Crippen LogP contribution in [0.25, 0.3) is 0 Å². The number of benzene rings is 1. The highest BCUT2D eigenvalue weighted by Gasteiger charge is 2.23. The van der Waals surface area contributed by atoms with Crippen molar-refractivity contribution < 1.29 is 9.13 Å². The van der Waals surface area contributed by atoms with Gasteiger partial charge in [0.15, 0.2) is 18.2 Å². The Bertz CT molecular complexity index is 616. The molecular formula is C14H19FN4O. The third-order valence-corrected chi connectivity index (χ3v) is 2.99. The predicted molar refractivity (Wildman–Crippen MR) is 73.0 cm³/mol. The summed E-state index contributed by atoms with van der Waals surface area (Å²) in [6.07, 6.45) is 0. The smallest absolute Gasteiger partial charge is 0.212 e. The van der Waals surface area contributed by atoms with Crippen LogP contribution < -0.4 is 4.74 Å². The summed E-state index contributed by atoms with van der Waals surface area (Å²) in [6, 6.07) is 3.67. The first kappa shape index (κ1) is 14.4. The Hall–Kier alpha value is -1.98. The normalized spacial score (nSPS) is 11.7. The molecule has 0 bridgehead atoms. The zero-order valence-electron chi connectivity index (χ0n) is 12.4. The van der Waals surface area contributed by atoms with Crippen LogP contribution in [0.15, 0.2) is 12.1 Å². The van der Waals surface area contributed by atoms with E-state index in [1.165, 1.54) is 4.80 Å². The lowest BCUT2D eigenvalue weighted by molar-refractivity contribution is 0.272. The van der Waals surface area contributed by atoms with E-state index < -0.39 is 0 Å². The van der Waals surface area contributed by atoms with Gasteiger partial charge in [0, 0.05) is 5.56 Å². The SMILES string of the molecule is Cc1ccc(C(C)(C)C)c(OCc2nnn(C)n2)c1F. The van der Waals surface area contributed by atoms with Gasteiger partial charge in [-0.15, -0.1) is 10.2 Å². The van der Waals surface area contributed by atoms with E-state index in [1.54, 1.807) is 20.0 Å². The zero-order chi connectivity index (χ0) is 14.9. The van der Waals surface area contributed by atoms with Gasteiger partial charge in [-0.2, -0.15) is 4.80 Å². The van der Waals surface area contributed by atoms with Crippen LogP contribution in [0, 0.1) is 12.7 Å². The lowest BCUT2D eigenvalue weighted by atomic mass is 9.85. The first-order chi connectivity index (χ1) is 9.29. The molecule has 0 saturated heterocycles. The van der Waals surface area contributed by atoms with Gasteiger partial charge in [0.2, 0.25) is 5.82 Å². The average molecular weight is 278 g/mol. The maximum atomic E-state index is 14.3. The van der Waals surface area contributed by atoms with Crippen molar-refractivity contribution in [2.45, 2.75) is 39.7 Å². The van der Waals surface area contributed by atoms with E-state index in [0.29, 0.717) is 11.4 Å². The van der Waals surface area contributed by atoms with Crippen molar-refractivity contribution in [3.63, 3.8) is 0 Å². The van der Waals surface area contributed by atoms with E-state index in [2.05, 4.69) is 15.4 Å². The van der Waals surface area contributed by atoms with Crippen molar-refractivity contribution in [2.75, 3.05) is 0 Å². The monoisotopic (exact) mass is 278 g/mol. The maximum absolute atomic E-state index is 14.3. The van der Waals surface area contributed by atoms with Crippen LogP contribution in [0.4, 0.5) is 4.39 Å². The fourth-order valence-corrected chi connectivity index (χ4v) is 1.90. The predicted octanol–water partition coefficient (Wildman–Crippen LogP) is 2.53. The fourth-order valence-electron chi connectivity index (χ4n) is 1.90. The van der Waals surface area contributed by atoms with Crippen molar-refractivity contribution in [3.05, 3.63) is 34.9 Å². The van der Waals surface area contributed by atoms with E-state index in [9.17, 15) is 4.39 Å². The van der Waals surface area contributed by atoms with Crippen molar-refractivity contribution >= 4 is 0 Å². The number of aryl methyl sites for hydroxylation is 2. The number of aromatic nitrogens is 4. The van der Waals surface area contributed by atoms with Gasteiger partial charge in [0.05, 0.1) is 7.05 Å². The molecule has 20 heavy (non-hydrogen) atoms. The summed E-state index contributed by atoms with van der Waals surface area (Å²) in [7, 11) is 1.67. The molecule has 0 aliphatic rings. The second-order valence-corrected chi connectivity index (χ2v) is 5.81. The number of tetrazole rings is 1. The van der Waals surface area contributed by atoms with E-state index >= 15 is 0 Å². The molecule has 0 saturated carbocycles. The lowest BCUT2D eigenvalue weighted by Crippen LogP contribution is -2.15. The molecule has 0 fully saturated rings. The molecule has 2 aromatic rings. The molecule has 0 radical (unpaired) electrons. The molecule has 0 amide bonds. The topological polar surface area (TPSA) is 52.8 Å². The molecule has 0 unspecified atom stereocenters. The summed E-state index contributed by atoms with van der Waals surface area (Å²) in [6.45, 7) is 7.87. The minimum atomic E-state index is -0.332. The Balaban J connectivity index is 2.31. The molecule has 1 aromatic heterocycles. The van der Waals surface area contributed by atoms with Gasteiger partial charge >= 0.3 is 0 Å². The molecule has 1 aromatic carbocycles. The number of halogens is 1. The van der Waals surface area contributed by atoms with Gasteiger partial charge in [0.1, 0.15) is 0 Å². The summed E-state index contributed by atoms with van der Waals surface area (Å²) in [5.41, 5.74) is 1.17. The van der Waals surface area contributed by atoms with Crippen LogP contribution in [-0.4, -0.2) is 20.2 Å². The Morgan fingerprint density at radius 1 is 1.30 bits per heavy atom. The molecular weight excluding hydrogens is 259 g/mol. The molecule has 0 aliphatic heterocycles. The molecule has 2 rings (SSSR count). The van der Waals surface area contributed by atoms with Gasteiger partial charge < -0.3 is 4.74 Å². The first-order valence-electron chi connectivity index (χ1n) is 6.44. The highest BCUT2D eigenvalue weighted by atomic mass is 19.1. The summed E-state index contributed by atoms with van der Waals surface area (Å²) >= 11 is 0. The van der Waals surface area contributed by atoms with Gasteiger partial charge in [-0.1, -0.05) is 32.9 Å². The standard InChI is InChI=1S/C14H19FN4O/c1-9-6-7-10(14(2,3)4)13(12(9)15)20-8-11-16-18-19(5)17-11/h6-7H,8H2,1-5H3. The fraction of sp³-hybridized carbons (Fsp3) is 0.500. The minimum Gasteiger partial charge on any atom is -0.482 e. The quantitative estimate of drug-likeness (QED) is 0.865. The first-order valence-corrected chi connectivity index (χ1v) is 6.44. The van der Waals surface area contributed by atoms with Gasteiger partial charge in [-0.25, -0.2) is 4.39 Å². The summed E-state index contributed by atoms with van der Waals surface area (Å²) in [5.74, 6) is 0.361. The van der Waals surface area contributed by atoms with Crippen LogP contribution >= 0.6 is 0 Å². The highest BCUT2D eigenvalue weighted by Crippen LogP contribution is 2.35. The number of rotatable bonds is 3. The Kier molecular flexibility index (Phi) is 3.74. The number of hydrogen-bond donors (Lipinski definition) is 0. The lowest BCUT2D eigenvalue weighted by Gasteiger charge is -2.23. The third kappa shape index (κ3) is 2.95. The average Bonchev–Trinajstić information content (AvgIpc) is 2.75. The Labute approximate surface area is 117 Å². The van der Waals surface area contributed by atoms with E-state index in [1.807, 2.05) is 26.8 Å². The number of nitrogens with zero attached hydrogens (tertiary/aromatic N) is 4. The molecule has 6 heteroatoms. The van der Waals surface area contributed by atoms with Crippen LogP contribution in [0.1, 0.15) is 37.7 Å². The second kappa shape index (κ2) is 5.19. The van der Waals surface area contributed by atoms with Crippen molar-refractivity contribution in [1.29, 1.82) is 0 Å². The van der Waals surface area contributed by atoms with E-state index in [4.69, 9.17) is 4.74 Å². The highest BCUT2D eigenvalue weighted by molar-refractivity contribution is 5.42. The van der Waals surface area contributed by atoms with E-state index in [-0.39, 0.29) is 23.6 Å². The molecule has 1 heterocycles. The van der Waals surface area contributed by atoms with Crippen molar-refractivity contribution in [1.82, 2.24) is 20.2 Å². The van der Waals surface area contributed by atoms with Gasteiger partial charge in [-0.05, 0) is 23.1 Å². The van der Waals surface area contributed by atoms with Crippen molar-refractivity contribution in [2.24, 2.45) is 7.05 Å². The largest absolute Gasteiger partial charge is 0.482 e.